The van der Waals surface area contributed by atoms with Crippen LogP contribution in [0.1, 0.15) is 52.7 Å². The summed E-state index contributed by atoms with van der Waals surface area (Å²) in [7, 11) is 0. The largest absolute Gasteiger partial charge is 0.492 e. The number of ether oxygens (including phenoxy) is 1. The first kappa shape index (κ1) is 21.3. The number of hydrogen-bond acceptors (Lipinski definition) is 5. The smallest absolute Gasteiger partial charge is 0.255 e. The van der Waals surface area contributed by atoms with Crippen molar-refractivity contribution in [2.24, 2.45) is 0 Å². The molecule has 6 rings (SSSR count). The first-order valence-electron chi connectivity index (χ1n) is 11.8. The first-order chi connectivity index (χ1) is 16.4. The lowest BCUT2D eigenvalue weighted by Gasteiger charge is -2.38. The Balaban J connectivity index is 1.19. The van der Waals surface area contributed by atoms with Crippen molar-refractivity contribution >= 4 is 17.7 Å². The number of halogens is 1. The van der Waals surface area contributed by atoms with E-state index in [1.165, 1.54) is 12.1 Å². The van der Waals surface area contributed by atoms with Gasteiger partial charge in [-0.05, 0) is 56.1 Å². The predicted molar refractivity (Wildman–Crippen MR) is 121 cm³/mol. The normalized spacial score (nSPS) is 23.6. The van der Waals surface area contributed by atoms with Gasteiger partial charge < -0.3 is 9.64 Å². The number of rotatable bonds is 3. The van der Waals surface area contributed by atoms with Gasteiger partial charge in [-0.15, -0.1) is 0 Å². The summed E-state index contributed by atoms with van der Waals surface area (Å²) in [5, 5.41) is 2.35. The average Bonchev–Trinajstić information content (AvgIpc) is 3.35. The molecule has 2 fully saturated rings. The van der Waals surface area contributed by atoms with Gasteiger partial charge in [0.1, 0.15) is 17.6 Å². The van der Waals surface area contributed by atoms with Crippen molar-refractivity contribution in [1.29, 1.82) is 0 Å². The minimum absolute atomic E-state index is 0.0746. The molecule has 4 aliphatic heterocycles. The summed E-state index contributed by atoms with van der Waals surface area (Å²) in [5.74, 6) is -0.288. The molecule has 0 radical (unpaired) electrons. The van der Waals surface area contributed by atoms with Gasteiger partial charge in [0.25, 0.3) is 5.91 Å². The number of carbonyl (C=O) groups is 3. The van der Waals surface area contributed by atoms with Gasteiger partial charge in [0.2, 0.25) is 11.8 Å². The van der Waals surface area contributed by atoms with Crippen molar-refractivity contribution < 1.29 is 23.5 Å². The van der Waals surface area contributed by atoms with Gasteiger partial charge in [0, 0.05) is 35.1 Å². The molecule has 8 heteroatoms. The minimum atomic E-state index is -0.627. The van der Waals surface area contributed by atoms with E-state index >= 15 is 0 Å². The summed E-state index contributed by atoms with van der Waals surface area (Å²) >= 11 is 0. The van der Waals surface area contributed by atoms with E-state index in [2.05, 4.69) is 10.2 Å². The third-order valence-electron chi connectivity index (χ3n) is 7.86. The van der Waals surface area contributed by atoms with Crippen molar-refractivity contribution in [1.82, 2.24) is 15.1 Å². The molecule has 2 aromatic rings. The number of benzene rings is 2. The van der Waals surface area contributed by atoms with Gasteiger partial charge in [0.05, 0.1) is 13.2 Å². The number of amides is 3. The highest BCUT2D eigenvalue weighted by molar-refractivity contribution is 6.05. The number of fused-ring (bicyclic) bond motifs is 4. The Morgan fingerprint density at radius 3 is 2.56 bits per heavy atom. The first-order valence-corrected chi connectivity index (χ1v) is 11.8. The third-order valence-corrected chi connectivity index (χ3v) is 7.86. The second kappa shape index (κ2) is 7.91. The summed E-state index contributed by atoms with van der Waals surface area (Å²) in [5.41, 5.74) is 3.64. The Bertz CT molecular complexity index is 1190. The van der Waals surface area contributed by atoms with Crippen molar-refractivity contribution in [3.63, 3.8) is 0 Å². The monoisotopic (exact) mass is 463 g/mol. The van der Waals surface area contributed by atoms with Crippen LogP contribution in [0.15, 0.2) is 36.4 Å². The van der Waals surface area contributed by atoms with E-state index in [1.807, 2.05) is 24.3 Å². The second-order valence-electron chi connectivity index (χ2n) is 9.84. The summed E-state index contributed by atoms with van der Waals surface area (Å²) in [6.45, 7) is 3.55. The molecule has 7 nitrogen and oxygen atoms in total. The van der Waals surface area contributed by atoms with Crippen LogP contribution in [0.3, 0.4) is 0 Å². The maximum Gasteiger partial charge on any atom is 0.255 e. The van der Waals surface area contributed by atoms with Crippen LogP contribution in [0.5, 0.6) is 5.75 Å². The molecule has 1 N–H and O–H groups in total. The molecule has 0 aromatic heterocycles. The topological polar surface area (TPSA) is 79.0 Å². The third kappa shape index (κ3) is 3.39. The highest BCUT2D eigenvalue weighted by atomic mass is 19.1. The van der Waals surface area contributed by atoms with Crippen LogP contribution in [0.4, 0.5) is 4.39 Å². The summed E-state index contributed by atoms with van der Waals surface area (Å²) in [6.07, 6.45) is 2.49. The van der Waals surface area contributed by atoms with E-state index < -0.39 is 11.9 Å². The van der Waals surface area contributed by atoms with E-state index in [9.17, 15) is 18.8 Å². The van der Waals surface area contributed by atoms with Crippen LogP contribution in [0.25, 0.3) is 0 Å². The van der Waals surface area contributed by atoms with Gasteiger partial charge in [-0.3, -0.25) is 24.6 Å². The van der Waals surface area contributed by atoms with Gasteiger partial charge in [-0.2, -0.15) is 0 Å². The molecule has 0 saturated carbocycles. The fourth-order valence-electron chi connectivity index (χ4n) is 5.88. The van der Waals surface area contributed by atoms with E-state index in [4.69, 9.17) is 4.74 Å². The van der Waals surface area contributed by atoms with Gasteiger partial charge in [-0.25, -0.2) is 4.39 Å². The van der Waals surface area contributed by atoms with Crippen molar-refractivity contribution in [3.05, 3.63) is 64.5 Å². The lowest BCUT2D eigenvalue weighted by molar-refractivity contribution is -0.136. The zero-order valence-corrected chi connectivity index (χ0v) is 18.8. The van der Waals surface area contributed by atoms with Crippen molar-refractivity contribution in [3.8, 4) is 5.75 Å². The molecule has 0 aliphatic carbocycles. The Hall–Kier alpha value is -3.26. The number of hydrogen-bond donors (Lipinski definition) is 1. The summed E-state index contributed by atoms with van der Waals surface area (Å²) in [6, 6.07) is 9.96. The molecule has 2 saturated heterocycles. The fraction of sp³-hybridized carbons (Fsp3) is 0.423. The Morgan fingerprint density at radius 1 is 1.06 bits per heavy atom. The van der Waals surface area contributed by atoms with E-state index in [0.717, 1.165) is 54.9 Å². The highest BCUT2D eigenvalue weighted by Gasteiger charge is 2.47. The molecule has 176 valence electrons. The van der Waals surface area contributed by atoms with Gasteiger partial charge in [0.15, 0.2) is 0 Å². The number of carbonyl (C=O) groups excluding carboxylic acids is 3. The van der Waals surface area contributed by atoms with Crippen LogP contribution >= 0.6 is 0 Å². The summed E-state index contributed by atoms with van der Waals surface area (Å²) < 4.78 is 19.4. The number of imide groups is 1. The lowest BCUT2D eigenvalue weighted by Crippen LogP contribution is -2.52. The maximum atomic E-state index is 13.2. The van der Waals surface area contributed by atoms with Crippen LogP contribution in [-0.4, -0.2) is 53.3 Å². The Kier molecular flexibility index (Phi) is 4.95. The SMILES string of the molecule is O=C1CCC(N2Cc3c(ccc4c3OCC43CCN(Cc4ccc(F)cc4)CC3)C2=O)C(=O)N1. The number of nitrogens with one attached hydrogen (secondary N) is 1. The predicted octanol–water partition coefficient (Wildman–Crippen LogP) is 2.51. The quantitative estimate of drug-likeness (QED) is 0.708. The molecular weight excluding hydrogens is 437 g/mol. The molecule has 2 aromatic carbocycles. The number of likely N-dealkylation sites (tertiary alicyclic amines) is 1. The molecule has 3 amide bonds. The van der Waals surface area contributed by atoms with E-state index in [1.54, 1.807) is 4.90 Å². The van der Waals surface area contributed by atoms with E-state index in [-0.39, 0.29) is 29.5 Å². The van der Waals surface area contributed by atoms with Gasteiger partial charge in [-0.1, -0.05) is 18.2 Å². The van der Waals surface area contributed by atoms with E-state index in [0.29, 0.717) is 25.1 Å². The molecule has 0 bridgehead atoms. The molecule has 1 unspecified atom stereocenters. The zero-order valence-electron chi connectivity index (χ0n) is 18.8. The number of piperidine rings is 2. The Labute approximate surface area is 196 Å². The standard InChI is InChI=1S/C26H26FN3O4/c27-17-3-1-16(2-4-17)13-29-11-9-26(10-12-29)15-34-23-19-14-30(21-7-8-22(31)28-24(21)32)25(33)18(19)5-6-20(23)26/h1-6,21H,7-15H2,(H,28,31,32). The number of nitrogens with zero attached hydrogens (tertiary/aromatic N) is 2. The highest BCUT2D eigenvalue weighted by Crippen LogP contribution is 2.49. The fourth-order valence-corrected chi connectivity index (χ4v) is 5.88. The molecule has 1 spiro atoms. The molecule has 4 heterocycles. The molecule has 1 atom stereocenters. The Morgan fingerprint density at radius 2 is 1.82 bits per heavy atom. The van der Waals surface area contributed by atoms with Crippen LogP contribution in [0.2, 0.25) is 0 Å². The lowest BCUT2D eigenvalue weighted by atomic mass is 9.74. The molecule has 4 aliphatic rings. The van der Waals surface area contributed by atoms with Crippen LogP contribution in [-0.2, 0) is 28.1 Å². The summed E-state index contributed by atoms with van der Waals surface area (Å²) in [4.78, 5) is 41.0. The minimum Gasteiger partial charge on any atom is -0.492 e. The second-order valence-corrected chi connectivity index (χ2v) is 9.84. The maximum absolute atomic E-state index is 13.2. The van der Waals surface area contributed by atoms with Crippen LogP contribution in [0, 0.1) is 5.82 Å². The van der Waals surface area contributed by atoms with Crippen molar-refractivity contribution in [2.45, 2.75) is 50.2 Å². The van der Waals surface area contributed by atoms with Crippen molar-refractivity contribution in [2.75, 3.05) is 19.7 Å². The molecular formula is C26H26FN3O4. The molecule has 34 heavy (non-hydrogen) atoms. The van der Waals surface area contributed by atoms with Gasteiger partial charge >= 0.3 is 0 Å². The van der Waals surface area contributed by atoms with Crippen LogP contribution < -0.4 is 10.1 Å². The zero-order chi connectivity index (χ0) is 23.4. The average molecular weight is 464 g/mol.